The van der Waals surface area contributed by atoms with Gasteiger partial charge in [0, 0.05) is 17.6 Å². The van der Waals surface area contributed by atoms with Crippen LogP contribution in [0.15, 0.2) is 71.3 Å². The predicted molar refractivity (Wildman–Crippen MR) is 117 cm³/mol. The number of nitrogens with two attached hydrogens (primary N) is 1. The number of anilines is 1. The maximum Gasteiger partial charge on any atom is 0.282 e. The van der Waals surface area contributed by atoms with Crippen LogP contribution in [0.1, 0.15) is 5.69 Å². The second-order valence-electron chi connectivity index (χ2n) is 6.58. The van der Waals surface area contributed by atoms with Crippen molar-refractivity contribution in [3.05, 3.63) is 82.1 Å². The molecule has 2 aromatic carbocycles. The van der Waals surface area contributed by atoms with Gasteiger partial charge in [-0.15, -0.1) is 0 Å². The van der Waals surface area contributed by atoms with Crippen LogP contribution in [0.4, 0.5) is 5.69 Å². The maximum absolute atomic E-state index is 12.9. The molecule has 4 rings (SSSR count). The van der Waals surface area contributed by atoms with Crippen LogP contribution >= 0.6 is 23.2 Å². The summed E-state index contributed by atoms with van der Waals surface area (Å²) in [6.07, 6.45) is 3.16. The van der Waals surface area contributed by atoms with Crippen molar-refractivity contribution in [1.29, 1.82) is 0 Å². The Labute approximate surface area is 187 Å². The van der Waals surface area contributed by atoms with Crippen LogP contribution in [0.5, 0.6) is 0 Å². The minimum Gasteiger partial charge on any atom is -0.317 e. The van der Waals surface area contributed by atoms with Gasteiger partial charge in [0.1, 0.15) is 5.57 Å². The number of amides is 2. The van der Waals surface area contributed by atoms with Crippen molar-refractivity contribution < 1.29 is 18.0 Å². The molecular weight excluding hydrogens is 463 g/mol. The summed E-state index contributed by atoms with van der Waals surface area (Å²) in [6.45, 7) is 0. The molecule has 11 heteroatoms. The first-order chi connectivity index (χ1) is 14.6. The van der Waals surface area contributed by atoms with Gasteiger partial charge in [-0.25, -0.2) is 18.6 Å². The van der Waals surface area contributed by atoms with E-state index in [9.17, 15) is 18.0 Å². The number of primary sulfonamides is 1. The average molecular weight is 477 g/mol. The van der Waals surface area contributed by atoms with Gasteiger partial charge >= 0.3 is 0 Å². The van der Waals surface area contributed by atoms with E-state index in [-0.39, 0.29) is 15.5 Å². The standard InChI is InChI=1S/C20H14Cl2N4O4S/c21-17-8-5-14(11-18(17)22)26-20(28)16(19(27)24-26)10-13-2-1-9-25(13)12-3-6-15(7-4-12)31(23,29)30/h1-11H,(H,24,27)(H2,23,29,30)/b16-10-. The highest BCUT2D eigenvalue weighted by Crippen LogP contribution is 2.29. The fraction of sp³-hybridized carbons (Fsp3) is 0. The highest BCUT2D eigenvalue weighted by atomic mass is 35.5. The fourth-order valence-corrected chi connectivity index (χ4v) is 3.86. The number of rotatable bonds is 4. The van der Waals surface area contributed by atoms with Gasteiger partial charge < -0.3 is 4.57 Å². The molecule has 0 aliphatic carbocycles. The van der Waals surface area contributed by atoms with E-state index in [1.165, 1.54) is 30.3 Å². The van der Waals surface area contributed by atoms with Crippen LogP contribution in [0, 0.1) is 0 Å². The zero-order chi connectivity index (χ0) is 22.3. The average Bonchev–Trinajstić information content (AvgIpc) is 3.29. The third kappa shape index (κ3) is 4.08. The van der Waals surface area contributed by atoms with E-state index in [0.717, 1.165) is 5.01 Å². The van der Waals surface area contributed by atoms with Crippen molar-refractivity contribution in [2.24, 2.45) is 5.14 Å². The van der Waals surface area contributed by atoms with E-state index >= 15 is 0 Å². The van der Waals surface area contributed by atoms with Gasteiger partial charge in [0.05, 0.1) is 20.6 Å². The fourth-order valence-electron chi connectivity index (χ4n) is 3.05. The van der Waals surface area contributed by atoms with Crippen molar-refractivity contribution in [2.45, 2.75) is 4.90 Å². The number of aromatic nitrogens is 1. The molecule has 0 saturated carbocycles. The molecule has 0 radical (unpaired) electrons. The molecule has 1 aliphatic rings. The molecule has 31 heavy (non-hydrogen) atoms. The summed E-state index contributed by atoms with van der Waals surface area (Å²) >= 11 is 11.9. The lowest BCUT2D eigenvalue weighted by Gasteiger charge is -2.15. The number of sulfonamides is 1. The molecule has 3 aromatic rings. The van der Waals surface area contributed by atoms with Crippen LogP contribution in [0.25, 0.3) is 11.8 Å². The second-order valence-corrected chi connectivity index (χ2v) is 8.96. The molecule has 3 N–H and O–H groups in total. The smallest absolute Gasteiger partial charge is 0.282 e. The van der Waals surface area contributed by atoms with Crippen molar-refractivity contribution in [2.75, 3.05) is 5.01 Å². The zero-order valence-corrected chi connectivity index (χ0v) is 17.9. The van der Waals surface area contributed by atoms with E-state index in [0.29, 0.717) is 22.1 Å². The number of hydrogen-bond acceptors (Lipinski definition) is 4. The van der Waals surface area contributed by atoms with Gasteiger partial charge in [0.2, 0.25) is 10.0 Å². The van der Waals surface area contributed by atoms with Gasteiger partial charge in [0.25, 0.3) is 11.8 Å². The van der Waals surface area contributed by atoms with Crippen molar-refractivity contribution >= 4 is 56.8 Å². The summed E-state index contributed by atoms with van der Waals surface area (Å²) in [7, 11) is -3.81. The van der Waals surface area contributed by atoms with E-state index in [1.807, 2.05) is 0 Å². The maximum atomic E-state index is 12.9. The Balaban J connectivity index is 1.67. The first-order valence-electron chi connectivity index (χ1n) is 8.78. The Morgan fingerprint density at radius 2 is 1.61 bits per heavy atom. The number of carbonyl (C=O) groups is 2. The third-order valence-corrected chi connectivity index (χ3v) is 6.24. The zero-order valence-electron chi connectivity index (χ0n) is 15.6. The number of benzene rings is 2. The summed E-state index contributed by atoms with van der Waals surface area (Å²) < 4.78 is 24.6. The quantitative estimate of drug-likeness (QED) is 0.444. The Kier molecular flexibility index (Phi) is 5.36. The van der Waals surface area contributed by atoms with E-state index in [2.05, 4.69) is 5.43 Å². The van der Waals surface area contributed by atoms with Gasteiger partial charge in [-0.3, -0.25) is 15.0 Å². The van der Waals surface area contributed by atoms with Crippen LogP contribution in [-0.4, -0.2) is 24.8 Å². The molecule has 158 valence electrons. The van der Waals surface area contributed by atoms with Crippen molar-refractivity contribution in [1.82, 2.24) is 9.99 Å². The molecule has 0 spiro atoms. The first kappa shape index (κ1) is 21.1. The number of nitrogens with one attached hydrogen (secondary N) is 1. The monoisotopic (exact) mass is 476 g/mol. The lowest BCUT2D eigenvalue weighted by molar-refractivity contribution is -0.117. The molecular formula is C20H14Cl2N4O4S. The molecule has 8 nitrogen and oxygen atoms in total. The van der Waals surface area contributed by atoms with Crippen LogP contribution in [0.2, 0.25) is 10.0 Å². The Bertz CT molecular complexity index is 1350. The van der Waals surface area contributed by atoms with Gasteiger partial charge in [-0.1, -0.05) is 23.2 Å². The molecule has 0 bridgehead atoms. The Morgan fingerprint density at radius 1 is 0.935 bits per heavy atom. The van der Waals surface area contributed by atoms with Gasteiger partial charge in [0.15, 0.2) is 0 Å². The molecule has 2 amide bonds. The predicted octanol–water partition coefficient (Wildman–Crippen LogP) is 2.89. The Morgan fingerprint density at radius 3 is 2.26 bits per heavy atom. The summed E-state index contributed by atoms with van der Waals surface area (Å²) in [5.74, 6) is -1.13. The highest BCUT2D eigenvalue weighted by molar-refractivity contribution is 7.89. The molecule has 1 aromatic heterocycles. The SMILES string of the molecule is NS(=O)(=O)c1ccc(-n2cccc2/C=C2/C(=O)NN(c3ccc(Cl)c(Cl)c3)C2=O)cc1. The lowest BCUT2D eigenvalue weighted by atomic mass is 10.2. The molecule has 1 fully saturated rings. The summed E-state index contributed by atoms with van der Waals surface area (Å²) in [5, 5.41) is 6.79. The number of halogens is 2. The van der Waals surface area contributed by atoms with Crippen LogP contribution in [0.3, 0.4) is 0 Å². The highest BCUT2D eigenvalue weighted by Gasteiger charge is 2.35. The van der Waals surface area contributed by atoms with Crippen molar-refractivity contribution in [3.8, 4) is 5.69 Å². The second kappa shape index (κ2) is 7.86. The van der Waals surface area contributed by atoms with E-state index in [1.54, 1.807) is 41.1 Å². The number of nitrogens with zero attached hydrogens (tertiary/aromatic N) is 2. The molecule has 1 saturated heterocycles. The minimum atomic E-state index is -3.81. The topological polar surface area (TPSA) is 114 Å². The van der Waals surface area contributed by atoms with Crippen LogP contribution in [-0.2, 0) is 19.6 Å². The molecule has 0 unspecified atom stereocenters. The largest absolute Gasteiger partial charge is 0.317 e. The van der Waals surface area contributed by atoms with E-state index < -0.39 is 21.8 Å². The normalized spacial score (nSPS) is 15.6. The first-order valence-corrected chi connectivity index (χ1v) is 11.1. The molecule has 1 aliphatic heterocycles. The van der Waals surface area contributed by atoms with Gasteiger partial charge in [-0.05, 0) is 60.7 Å². The van der Waals surface area contributed by atoms with E-state index in [4.69, 9.17) is 28.3 Å². The third-order valence-electron chi connectivity index (χ3n) is 4.57. The summed E-state index contributed by atoms with van der Waals surface area (Å²) in [4.78, 5) is 25.3. The molecule has 0 atom stereocenters. The Hall–Kier alpha value is -3.11. The number of hydrazine groups is 1. The number of carbonyl (C=O) groups excluding carboxylic acids is 2. The summed E-state index contributed by atoms with van der Waals surface area (Å²) in [5.41, 5.74) is 3.95. The number of hydrogen-bond donors (Lipinski definition) is 2. The van der Waals surface area contributed by atoms with Gasteiger partial charge in [-0.2, -0.15) is 0 Å². The van der Waals surface area contributed by atoms with Crippen LogP contribution < -0.4 is 15.6 Å². The molecule has 2 heterocycles. The summed E-state index contributed by atoms with van der Waals surface area (Å²) in [6, 6.07) is 13.9. The lowest BCUT2D eigenvalue weighted by Crippen LogP contribution is -2.35. The van der Waals surface area contributed by atoms with Crippen molar-refractivity contribution in [3.63, 3.8) is 0 Å². The minimum absolute atomic E-state index is 0.0223.